The third kappa shape index (κ3) is 60.3. The van der Waals surface area contributed by atoms with Crippen molar-refractivity contribution in [3.8, 4) is 0 Å². The topological polar surface area (TPSA) is 78.9 Å². The molecule has 0 heterocycles. The van der Waals surface area contributed by atoms with Gasteiger partial charge in [-0.15, -0.1) is 0 Å². The Balaban J connectivity index is 4.34. The van der Waals surface area contributed by atoms with Crippen LogP contribution in [0.5, 0.6) is 0 Å². The van der Waals surface area contributed by atoms with E-state index in [1.165, 1.54) is 77.0 Å². The highest BCUT2D eigenvalue weighted by Gasteiger charge is 2.19. The molecule has 0 aromatic heterocycles. The van der Waals surface area contributed by atoms with Crippen LogP contribution in [0.3, 0.4) is 0 Å². The Morgan fingerprint density at radius 1 is 0.267 bits per heavy atom. The van der Waals surface area contributed by atoms with E-state index in [-0.39, 0.29) is 37.5 Å². The molecule has 0 aromatic carbocycles. The molecular formula is C69H112O6. The van der Waals surface area contributed by atoms with Crippen LogP contribution >= 0.6 is 0 Å². The van der Waals surface area contributed by atoms with E-state index in [4.69, 9.17) is 14.2 Å². The van der Waals surface area contributed by atoms with Crippen molar-refractivity contribution < 1.29 is 28.6 Å². The Morgan fingerprint density at radius 2 is 0.480 bits per heavy atom. The van der Waals surface area contributed by atoms with E-state index < -0.39 is 6.10 Å². The molecule has 6 heteroatoms. The Kier molecular flexibility index (Phi) is 58.4. The van der Waals surface area contributed by atoms with Gasteiger partial charge in [0.25, 0.3) is 0 Å². The van der Waals surface area contributed by atoms with Gasteiger partial charge in [-0.25, -0.2) is 0 Å². The number of carbonyl (C=O) groups is 3. The van der Waals surface area contributed by atoms with Crippen molar-refractivity contribution in [2.24, 2.45) is 0 Å². The fourth-order valence-corrected chi connectivity index (χ4v) is 8.15. The van der Waals surface area contributed by atoms with Crippen molar-refractivity contribution in [2.45, 2.75) is 271 Å². The molecule has 424 valence electrons. The number of hydrogen-bond donors (Lipinski definition) is 0. The standard InChI is InChI=1S/C69H112O6/c1-4-7-10-13-16-19-22-25-27-29-30-31-32-33-34-35-36-37-38-40-41-44-47-50-53-56-59-62-68(71)74-65-66(64-73-67(70)61-58-55-52-49-46-43-24-21-18-15-12-9-6-3)75-69(72)63-60-57-54-51-48-45-42-39-28-26-23-20-17-14-11-8-5-2/h7-12,16-21,25-28,30-31,42-43,45-46,66H,4-6,13-15,22-24,29,32-41,44,47-65H2,1-3H3/b10-7-,11-8-,12-9-,19-16-,20-17-,21-18-,27-25-,28-26-,31-30-,45-42-,46-43-. The van der Waals surface area contributed by atoms with E-state index in [2.05, 4.69) is 154 Å². The normalized spacial score (nSPS) is 13.1. The summed E-state index contributed by atoms with van der Waals surface area (Å²) in [7, 11) is 0. The third-order valence-electron chi connectivity index (χ3n) is 12.6. The predicted octanol–water partition coefficient (Wildman–Crippen LogP) is 21.0. The van der Waals surface area contributed by atoms with Gasteiger partial charge in [-0.1, -0.05) is 251 Å². The SMILES string of the molecule is CC/C=C\C/C=C\C/C=C\C/C=C\CCCCCCCCCCCCCCCCC(=O)OCC(COC(=O)CCCCC/C=C\C/C=C\C/C=C\CC)OC(=O)CCCCCC/C=C\C/C=C\C/C=C\C/C=C\CC. The minimum absolute atomic E-state index is 0.101. The summed E-state index contributed by atoms with van der Waals surface area (Å²) >= 11 is 0. The summed E-state index contributed by atoms with van der Waals surface area (Å²) in [6.07, 6.45) is 87.5. The maximum atomic E-state index is 12.9. The lowest BCUT2D eigenvalue weighted by Gasteiger charge is -2.18. The van der Waals surface area contributed by atoms with Crippen LogP contribution in [0.1, 0.15) is 265 Å². The van der Waals surface area contributed by atoms with Gasteiger partial charge < -0.3 is 14.2 Å². The molecule has 0 rings (SSSR count). The van der Waals surface area contributed by atoms with Gasteiger partial charge in [0.2, 0.25) is 0 Å². The molecule has 0 bridgehead atoms. The molecule has 0 saturated heterocycles. The summed E-state index contributed by atoms with van der Waals surface area (Å²) in [5, 5.41) is 0. The van der Waals surface area contributed by atoms with Crippen LogP contribution < -0.4 is 0 Å². The van der Waals surface area contributed by atoms with Gasteiger partial charge in [-0.3, -0.25) is 14.4 Å². The molecule has 0 aliphatic heterocycles. The Hall–Kier alpha value is -4.45. The van der Waals surface area contributed by atoms with Crippen molar-refractivity contribution in [2.75, 3.05) is 13.2 Å². The number of carbonyl (C=O) groups excluding carboxylic acids is 3. The fraction of sp³-hybridized carbons (Fsp3) is 0.638. The van der Waals surface area contributed by atoms with Crippen LogP contribution in [0.4, 0.5) is 0 Å². The molecular weight excluding hydrogens is 925 g/mol. The minimum Gasteiger partial charge on any atom is -0.462 e. The molecule has 0 N–H and O–H groups in total. The first-order valence-corrected chi connectivity index (χ1v) is 30.7. The lowest BCUT2D eigenvalue weighted by atomic mass is 10.0. The highest BCUT2D eigenvalue weighted by molar-refractivity contribution is 5.71. The van der Waals surface area contributed by atoms with Crippen molar-refractivity contribution >= 4 is 17.9 Å². The monoisotopic (exact) mass is 1040 g/mol. The second-order valence-corrected chi connectivity index (χ2v) is 19.8. The first-order valence-electron chi connectivity index (χ1n) is 30.7. The van der Waals surface area contributed by atoms with E-state index in [1.54, 1.807) is 0 Å². The van der Waals surface area contributed by atoms with Crippen molar-refractivity contribution in [1.29, 1.82) is 0 Å². The molecule has 0 aromatic rings. The van der Waals surface area contributed by atoms with Crippen LogP contribution in [0.25, 0.3) is 0 Å². The van der Waals surface area contributed by atoms with E-state index in [1.807, 2.05) is 0 Å². The zero-order chi connectivity index (χ0) is 54.3. The highest BCUT2D eigenvalue weighted by atomic mass is 16.6. The minimum atomic E-state index is -0.808. The van der Waals surface area contributed by atoms with E-state index in [0.717, 1.165) is 148 Å². The molecule has 0 amide bonds. The van der Waals surface area contributed by atoms with Crippen LogP contribution in [0.2, 0.25) is 0 Å². The highest BCUT2D eigenvalue weighted by Crippen LogP contribution is 2.15. The molecule has 75 heavy (non-hydrogen) atoms. The lowest BCUT2D eigenvalue weighted by molar-refractivity contribution is -0.167. The number of ether oxygens (including phenoxy) is 3. The fourth-order valence-electron chi connectivity index (χ4n) is 8.15. The molecule has 0 aliphatic rings. The van der Waals surface area contributed by atoms with E-state index >= 15 is 0 Å². The van der Waals surface area contributed by atoms with E-state index in [9.17, 15) is 14.4 Å². The average molecular weight is 1040 g/mol. The first-order chi connectivity index (χ1) is 37.0. The smallest absolute Gasteiger partial charge is 0.306 e. The zero-order valence-electron chi connectivity index (χ0n) is 48.5. The molecule has 0 radical (unpaired) electrons. The van der Waals surface area contributed by atoms with Gasteiger partial charge in [-0.05, 0) is 128 Å². The molecule has 1 unspecified atom stereocenters. The summed E-state index contributed by atoms with van der Waals surface area (Å²) < 4.78 is 16.8. The molecule has 6 nitrogen and oxygen atoms in total. The molecule has 0 fully saturated rings. The predicted molar refractivity (Wildman–Crippen MR) is 325 cm³/mol. The number of unbranched alkanes of at least 4 members (excludes halogenated alkanes) is 21. The average Bonchev–Trinajstić information content (AvgIpc) is 3.41. The van der Waals surface area contributed by atoms with Crippen LogP contribution in [-0.2, 0) is 28.6 Å². The number of hydrogen-bond acceptors (Lipinski definition) is 6. The van der Waals surface area contributed by atoms with Gasteiger partial charge >= 0.3 is 17.9 Å². The largest absolute Gasteiger partial charge is 0.462 e. The second-order valence-electron chi connectivity index (χ2n) is 19.8. The van der Waals surface area contributed by atoms with Gasteiger partial charge in [0.05, 0.1) is 0 Å². The first kappa shape index (κ1) is 70.5. The molecule has 0 saturated carbocycles. The number of rotatable bonds is 54. The maximum Gasteiger partial charge on any atom is 0.306 e. The van der Waals surface area contributed by atoms with Crippen molar-refractivity contribution in [3.63, 3.8) is 0 Å². The van der Waals surface area contributed by atoms with Gasteiger partial charge in [0.1, 0.15) is 13.2 Å². The summed E-state index contributed by atoms with van der Waals surface area (Å²) in [6, 6.07) is 0. The van der Waals surface area contributed by atoms with Crippen molar-refractivity contribution in [3.05, 3.63) is 134 Å². The summed E-state index contributed by atoms with van der Waals surface area (Å²) in [4.78, 5) is 38.2. The van der Waals surface area contributed by atoms with Crippen LogP contribution in [-0.4, -0.2) is 37.2 Å². The molecule has 1 atom stereocenters. The summed E-state index contributed by atoms with van der Waals surface area (Å²) in [5.41, 5.74) is 0. The van der Waals surface area contributed by atoms with Crippen LogP contribution in [0.15, 0.2) is 134 Å². The quantitative estimate of drug-likeness (QED) is 0.0261. The zero-order valence-corrected chi connectivity index (χ0v) is 48.5. The summed E-state index contributed by atoms with van der Waals surface area (Å²) in [6.45, 7) is 6.26. The number of esters is 3. The Bertz CT molecular complexity index is 1620. The Morgan fingerprint density at radius 3 is 0.760 bits per heavy atom. The Labute approximate surface area is 462 Å². The molecule has 0 aliphatic carbocycles. The third-order valence-corrected chi connectivity index (χ3v) is 12.6. The van der Waals surface area contributed by atoms with Crippen molar-refractivity contribution in [1.82, 2.24) is 0 Å². The molecule has 0 spiro atoms. The second kappa shape index (κ2) is 62.1. The van der Waals surface area contributed by atoms with Gasteiger partial charge in [0, 0.05) is 19.3 Å². The summed E-state index contributed by atoms with van der Waals surface area (Å²) in [5.74, 6) is -0.956. The van der Waals surface area contributed by atoms with Gasteiger partial charge in [0.15, 0.2) is 6.10 Å². The maximum absolute atomic E-state index is 12.9. The van der Waals surface area contributed by atoms with Gasteiger partial charge in [-0.2, -0.15) is 0 Å². The van der Waals surface area contributed by atoms with Crippen LogP contribution in [0, 0.1) is 0 Å². The lowest BCUT2D eigenvalue weighted by Crippen LogP contribution is -2.30. The number of allylic oxidation sites excluding steroid dienone is 22. The van der Waals surface area contributed by atoms with E-state index in [0.29, 0.717) is 12.8 Å².